The van der Waals surface area contributed by atoms with Crippen molar-refractivity contribution in [3.63, 3.8) is 0 Å². The van der Waals surface area contributed by atoms with Gasteiger partial charge in [0, 0.05) is 12.6 Å². The molecule has 0 aromatic rings. The predicted molar refractivity (Wildman–Crippen MR) is 81.6 cm³/mol. The van der Waals surface area contributed by atoms with Crippen molar-refractivity contribution in [2.75, 3.05) is 13.1 Å². The maximum absolute atomic E-state index is 13.1. The third kappa shape index (κ3) is 2.49. The van der Waals surface area contributed by atoms with Gasteiger partial charge in [0.25, 0.3) is 0 Å². The van der Waals surface area contributed by atoms with Gasteiger partial charge in [-0.3, -0.25) is 4.79 Å². The molecule has 2 unspecified atom stereocenters. The molecule has 1 N–H and O–H groups in total. The molecule has 3 rings (SSSR count). The number of rotatable bonds is 3. The van der Waals surface area contributed by atoms with E-state index in [4.69, 9.17) is 0 Å². The van der Waals surface area contributed by atoms with Crippen molar-refractivity contribution in [1.29, 1.82) is 0 Å². The number of likely N-dealkylation sites (tertiary alicyclic amines) is 1. The zero-order valence-corrected chi connectivity index (χ0v) is 13.0. The molecule has 0 spiro atoms. The summed E-state index contributed by atoms with van der Waals surface area (Å²) in [6, 6.07) is 0.550. The molecule has 3 aliphatic rings. The van der Waals surface area contributed by atoms with E-state index in [0.717, 1.165) is 38.3 Å². The Morgan fingerprint density at radius 3 is 2.60 bits per heavy atom. The predicted octanol–water partition coefficient (Wildman–Crippen LogP) is 3.09. The quantitative estimate of drug-likeness (QED) is 0.860. The van der Waals surface area contributed by atoms with Crippen LogP contribution in [0.15, 0.2) is 0 Å². The smallest absolute Gasteiger partial charge is 0.243 e. The van der Waals surface area contributed by atoms with E-state index >= 15 is 0 Å². The van der Waals surface area contributed by atoms with Gasteiger partial charge in [0.1, 0.15) is 0 Å². The van der Waals surface area contributed by atoms with E-state index in [1.54, 1.807) is 0 Å². The van der Waals surface area contributed by atoms with Crippen LogP contribution in [0.3, 0.4) is 0 Å². The maximum Gasteiger partial charge on any atom is 0.243 e. The summed E-state index contributed by atoms with van der Waals surface area (Å²) < 4.78 is 0. The molecule has 1 amide bonds. The highest BCUT2D eigenvalue weighted by molar-refractivity contribution is 5.87. The summed E-state index contributed by atoms with van der Waals surface area (Å²) >= 11 is 0. The molecule has 3 heteroatoms. The molecule has 0 aromatic carbocycles. The molecule has 20 heavy (non-hydrogen) atoms. The third-order valence-corrected chi connectivity index (χ3v) is 6.01. The molecule has 2 saturated heterocycles. The lowest BCUT2D eigenvalue weighted by molar-refractivity contribution is -0.140. The first-order valence-corrected chi connectivity index (χ1v) is 8.83. The monoisotopic (exact) mass is 278 g/mol. The van der Waals surface area contributed by atoms with Gasteiger partial charge in [0.15, 0.2) is 0 Å². The van der Waals surface area contributed by atoms with Crippen LogP contribution in [-0.4, -0.2) is 35.5 Å². The number of nitrogens with zero attached hydrogens (tertiary/aromatic N) is 1. The summed E-state index contributed by atoms with van der Waals surface area (Å²) in [6.07, 6.45) is 12.4. The molecule has 3 nitrogen and oxygen atoms in total. The van der Waals surface area contributed by atoms with Gasteiger partial charge >= 0.3 is 0 Å². The Morgan fingerprint density at radius 2 is 1.95 bits per heavy atom. The van der Waals surface area contributed by atoms with E-state index in [1.165, 1.54) is 44.9 Å². The molecule has 2 aliphatic heterocycles. The van der Waals surface area contributed by atoms with Gasteiger partial charge in [-0.1, -0.05) is 26.2 Å². The van der Waals surface area contributed by atoms with Crippen LogP contribution in [0.4, 0.5) is 0 Å². The molecular formula is C17H30N2O. The summed E-state index contributed by atoms with van der Waals surface area (Å²) in [5.74, 6) is 1.20. The SMILES string of the molecule is CCC1(C(=O)N2CCCC2C2CCCCC2)CCCN1. The van der Waals surface area contributed by atoms with Crippen LogP contribution in [0.5, 0.6) is 0 Å². The van der Waals surface area contributed by atoms with Crippen LogP contribution in [0.2, 0.25) is 0 Å². The average Bonchev–Trinajstić information content (AvgIpc) is 3.17. The van der Waals surface area contributed by atoms with Gasteiger partial charge in [-0.25, -0.2) is 0 Å². The minimum Gasteiger partial charge on any atom is -0.338 e. The summed E-state index contributed by atoms with van der Waals surface area (Å²) in [7, 11) is 0. The van der Waals surface area contributed by atoms with E-state index in [1.807, 2.05) is 0 Å². The van der Waals surface area contributed by atoms with E-state index in [0.29, 0.717) is 11.9 Å². The van der Waals surface area contributed by atoms with E-state index in [9.17, 15) is 4.79 Å². The highest BCUT2D eigenvalue weighted by atomic mass is 16.2. The standard InChI is InChI=1S/C17H30N2O/c1-2-17(11-7-12-18-17)16(20)19-13-6-10-15(19)14-8-4-3-5-9-14/h14-15,18H,2-13H2,1H3. The molecular weight excluding hydrogens is 248 g/mol. The normalized spacial score (nSPS) is 35.6. The molecule has 0 radical (unpaired) electrons. The van der Waals surface area contributed by atoms with Gasteiger partial charge in [-0.15, -0.1) is 0 Å². The van der Waals surface area contributed by atoms with Gasteiger partial charge in [-0.05, 0) is 57.4 Å². The lowest BCUT2D eigenvalue weighted by Gasteiger charge is -2.39. The fraction of sp³-hybridized carbons (Fsp3) is 0.941. The van der Waals surface area contributed by atoms with Crippen molar-refractivity contribution in [1.82, 2.24) is 10.2 Å². The van der Waals surface area contributed by atoms with Crippen molar-refractivity contribution in [2.24, 2.45) is 5.92 Å². The summed E-state index contributed by atoms with van der Waals surface area (Å²) in [5, 5.41) is 3.53. The topological polar surface area (TPSA) is 32.3 Å². The molecule has 2 heterocycles. The van der Waals surface area contributed by atoms with E-state index in [-0.39, 0.29) is 5.54 Å². The van der Waals surface area contributed by atoms with Crippen molar-refractivity contribution in [3.05, 3.63) is 0 Å². The second kappa shape index (κ2) is 6.05. The molecule has 0 aromatic heterocycles. The van der Waals surface area contributed by atoms with Gasteiger partial charge < -0.3 is 10.2 Å². The number of carbonyl (C=O) groups excluding carboxylic acids is 1. The van der Waals surface area contributed by atoms with Crippen LogP contribution >= 0.6 is 0 Å². The first-order chi connectivity index (χ1) is 9.77. The first kappa shape index (κ1) is 14.4. The number of carbonyl (C=O) groups is 1. The molecule has 2 atom stereocenters. The van der Waals surface area contributed by atoms with Crippen LogP contribution in [0, 0.1) is 5.92 Å². The number of hydrogen-bond donors (Lipinski definition) is 1. The lowest BCUT2D eigenvalue weighted by atomic mass is 9.82. The van der Waals surface area contributed by atoms with Crippen molar-refractivity contribution < 1.29 is 4.79 Å². The van der Waals surface area contributed by atoms with Crippen molar-refractivity contribution in [3.8, 4) is 0 Å². The second-order valence-corrected chi connectivity index (χ2v) is 7.07. The minimum atomic E-state index is -0.225. The first-order valence-electron chi connectivity index (χ1n) is 8.83. The molecule has 114 valence electrons. The Balaban J connectivity index is 1.72. The fourth-order valence-corrected chi connectivity index (χ4v) is 4.77. The van der Waals surface area contributed by atoms with Crippen LogP contribution < -0.4 is 5.32 Å². The van der Waals surface area contributed by atoms with Crippen LogP contribution in [-0.2, 0) is 4.79 Å². The Kier molecular flexibility index (Phi) is 4.34. The largest absolute Gasteiger partial charge is 0.338 e. The molecule has 3 fully saturated rings. The lowest BCUT2D eigenvalue weighted by Crippen LogP contribution is -2.56. The summed E-state index contributed by atoms with van der Waals surface area (Å²) in [5.41, 5.74) is -0.225. The minimum absolute atomic E-state index is 0.225. The number of nitrogens with one attached hydrogen (secondary N) is 1. The van der Waals surface area contributed by atoms with Gasteiger partial charge in [-0.2, -0.15) is 0 Å². The van der Waals surface area contributed by atoms with Gasteiger partial charge in [0.05, 0.1) is 5.54 Å². The number of hydrogen-bond acceptors (Lipinski definition) is 2. The zero-order valence-electron chi connectivity index (χ0n) is 13.0. The highest BCUT2D eigenvalue weighted by Gasteiger charge is 2.46. The Morgan fingerprint density at radius 1 is 1.15 bits per heavy atom. The molecule has 0 bridgehead atoms. The molecule has 1 aliphatic carbocycles. The second-order valence-electron chi connectivity index (χ2n) is 7.07. The number of amides is 1. The average molecular weight is 278 g/mol. The Bertz CT molecular complexity index is 343. The summed E-state index contributed by atoms with van der Waals surface area (Å²) in [4.78, 5) is 15.4. The highest BCUT2D eigenvalue weighted by Crippen LogP contribution is 2.37. The Hall–Kier alpha value is -0.570. The molecule has 1 saturated carbocycles. The Labute approximate surface area is 123 Å². The van der Waals surface area contributed by atoms with Crippen molar-refractivity contribution >= 4 is 5.91 Å². The zero-order chi connectivity index (χ0) is 14.0. The van der Waals surface area contributed by atoms with E-state index < -0.39 is 0 Å². The van der Waals surface area contributed by atoms with Crippen LogP contribution in [0.25, 0.3) is 0 Å². The third-order valence-electron chi connectivity index (χ3n) is 6.01. The van der Waals surface area contributed by atoms with Crippen LogP contribution in [0.1, 0.15) is 71.1 Å². The van der Waals surface area contributed by atoms with Crippen molar-refractivity contribution in [2.45, 2.75) is 82.7 Å². The van der Waals surface area contributed by atoms with E-state index in [2.05, 4.69) is 17.1 Å². The van der Waals surface area contributed by atoms with Gasteiger partial charge in [0.2, 0.25) is 5.91 Å². The fourth-order valence-electron chi connectivity index (χ4n) is 4.77. The summed E-state index contributed by atoms with van der Waals surface area (Å²) in [6.45, 7) is 4.19. The maximum atomic E-state index is 13.1.